The highest BCUT2D eigenvalue weighted by Crippen LogP contribution is 2.27. The molecule has 116 valence electrons. The second-order valence-electron chi connectivity index (χ2n) is 5.04. The Balaban J connectivity index is 2.90. The summed E-state index contributed by atoms with van der Waals surface area (Å²) in [7, 11) is 0. The van der Waals surface area contributed by atoms with Crippen molar-refractivity contribution in [3.8, 4) is 0 Å². The Morgan fingerprint density at radius 3 is 2.67 bits per heavy atom. The van der Waals surface area contributed by atoms with Gasteiger partial charge in [-0.15, -0.1) is 0 Å². The van der Waals surface area contributed by atoms with Gasteiger partial charge in [0.25, 0.3) is 5.91 Å². The zero-order valence-corrected chi connectivity index (χ0v) is 12.3. The number of likely N-dealkylation sites (tertiary alicyclic amines) is 1. The predicted octanol–water partition coefficient (Wildman–Crippen LogP) is 0.833. The Morgan fingerprint density at radius 2 is 2.10 bits per heavy atom. The van der Waals surface area contributed by atoms with Crippen LogP contribution in [0.2, 0.25) is 0 Å². The third kappa shape index (κ3) is 4.37. The lowest BCUT2D eigenvalue weighted by molar-refractivity contribution is -0.149. The lowest BCUT2D eigenvalue weighted by Crippen LogP contribution is -2.48. The van der Waals surface area contributed by atoms with Gasteiger partial charge in [-0.3, -0.25) is 4.79 Å². The maximum absolute atomic E-state index is 12.2. The molecule has 1 saturated heterocycles. The van der Waals surface area contributed by atoms with Crippen molar-refractivity contribution < 1.29 is 19.8 Å². The molecular weight excluding hydrogens is 270 g/mol. The van der Waals surface area contributed by atoms with E-state index < -0.39 is 18.1 Å². The lowest BCUT2D eigenvalue weighted by Gasteiger charge is -2.30. The van der Waals surface area contributed by atoms with Gasteiger partial charge in [-0.05, 0) is 19.8 Å². The summed E-state index contributed by atoms with van der Waals surface area (Å²) in [6.45, 7) is 6.05. The highest BCUT2D eigenvalue weighted by Gasteiger charge is 2.37. The molecule has 0 aromatic heterocycles. The molecule has 4 unspecified atom stereocenters. The second kappa shape index (κ2) is 8.54. The quantitative estimate of drug-likeness (QED) is 0.414. The molecule has 0 spiro atoms. The molecule has 1 amide bonds. The van der Waals surface area contributed by atoms with E-state index in [1.54, 1.807) is 11.0 Å². The van der Waals surface area contributed by atoms with Gasteiger partial charge >= 0.3 is 0 Å². The minimum atomic E-state index is -1.70. The number of nitrogens with zero attached hydrogens (tertiary/aromatic N) is 1. The molecule has 0 aromatic carbocycles. The lowest BCUT2D eigenvalue weighted by atomic mass is 9.95. The van der Waals surface area contributed by atoms with Gasteiger partial charge < -0.3 is 19.9 Å². The van der Waals surface area contributed by atoms with E-state index in [-0.39, 0.29) is 18.2 Å². The van der Waals surface area contributed by atoms with Crippen LogP contribution in [0, 0.1) is 5.92 Å². The molecule has 5 nitrogen and oxygen atoms in total. The first-order valence-corrected chi connectivity index (χ1v) is 7.10. The van der Waals surface area contributed by atoms with Gasteiger partial charge in [0.1, 0.15) is 6.10 Å². The summed E-state index contributed by atoms with van der Waals surface area (Å²) in [5, 5.41) is 19.0. The topological polar surface area (TPSA) is 77.8 Å². The standard InChI is InChI=1S/C16H23NO4/c1-3-5-8-12(7-4-2)13-9-6-10-17(13)16(21)15(20)14(19)11-18/h3-5,7-8,11-15,19-20H,1,6,9-10H2,2H3/b7-4-,8-5?. The SMILES string of the molecule is C=CC=CC(/C=C\C)C1CCCN1C(=O)C(O)C(O)C=O. The van der Waals surface area contributed by atoms with Crippen molar-refractivity contribution in [1.82, 2.24) is 4.90 Å². The Bertz CT molecular complexity index is 430. The number of carbonyl (C=O) groups is 2. The summed E-state index contributed by atoms with van der Waals surface area (Å²) in [5.41, 5.74) is 0. The number of rotatable bonds is 7. The number of amides is 1. The number of hydrogen-bond acceptors (Lipinski definition) is 4. The highest BCUT2D eigenvalue weighted by atomic mass is 16.3. The van der Waals surface area contributed by atoms with Crippen LogP contribution in [0.3, 0.4) is 0 Å². The van der Waals surface area contributed by atoms with Crippen molar-refractivity contribution in [1.29, 1.82) is 0 Å². The van der Waals surface area contributed by atoms with Crippen LogP contribution in [0.1, 0.15) is 19.8 Å². The van der Waals surface area contributed by atoms with Gasteiger partial charge in [-0.1, -0.05) is 37.0 Å². The summed E-state index contributed by atoms with van der Waals surface area (Å²) < 4.78 is 0. The van der Waals surface area contributed by atoms with Crippen LogP contribution in [0.15, 0.2) is 37.0 Å². The molecule has 1 heterocycles. The fourth-order valence-corrected chi connectivity index (χ4v) is 2.61. The van der Waals surface area contributed by atoms with E-state index in [0.29, 0.717) is 6.54 Å². The number of hydrogen-bond donors (Lipinski definition) is 2. The molecule has 0 bridgehead atoms. The Labute approximate surface area is 125 Å². The Hall–Kier alpha value is -1.72. The number of aliphatic hydroxyl groups excluding tert-OH is 2. The van der Waals surface area contributed by atoms with Crippen LogP contribution in [-0.2, 0) is 9.59 Å². The fourth-order valence-electron chi connectivity index (χ4n) is 2.61. The van der Waals surface area contributed by atoms with Crippen LogP contribution >= 0.6 is 0 Å². The van der Waals surface area contributed by atoms with Crippen molar-refractivity contribution >= 4 is 12.2 Å². The first-order valence-electron chi connectivity index (χ1n) is 7.10. The average molecular weight is 293 g/mol. The fraction of sp³-hybridized carbons (Fsp3) is 0.500. The molecule has 1 rings (SSSR count). The summed E-state index contributed by atoms with van der Waals surface area (Å²) in [4.78, 5) is 24.3. The van der Waals surface area contributed by atoms with Crippen LogP contribution in [0.5, 0.6) is 0 Å². The molecular formula is C16H23NO4. The first kappa shape index (κ1) is 17.3. The van der Waals surface area contributed by atoms with Crippen LogP contribution < -0.4 is 0 Å². The monoisotopic (exact) mass is 293 g/mol. The summed E-state index contributed by atoms with van der Waals surface area (Å²) in [5.74, 6) is -0.585. The average Bonchev–Trinajstić information content (AvgIpc) is 2.98. The molecule has 5 heteroatoms. The maximum Gasteiger partial charge on any atom is 0.254 e. The van der Waals surface area contributed by atoms with Gasteiger partial charge in [-0.2, -0.15) is 0 Å². The van der Waals surface area contributed by atoms with Gasteiger partial charge in [0.05, 0.1) is 0 Å². The van der Waals surface area contributed by atoms with Gasteiger partial charge in [0, 0.05) is 18.5 Å². The third-order valence-electron chi connectivity index (χ3n) is 3.63. The number of allylic oxidation sites excluding steroid dienone is 3. The van der Waals surface area contributed by atoms with Crippen molar-refractivity contribution in [3.63, 3.8) is 0 Å². The van der Waals surface area contributed by atoms with Crippen LogP contribution in [0.4, 0.5) is 0 Å². The highest BCUT2D eigenvalue weighted by molar-refractivity contribution is 5.85. The maximum atomic E-state index is 12.2. The van der Waals surface area contributed by atoms with E-state index in [2.05, 4.69) is 6.58 Å². The largest absolute Gasteiger partial charge is 0.382 e. The van der Waals surface area contributed by atoms with Crippen molar-refractivity contribution in [2.75, 3.05) is 6.54 Å². The molecule has 1 fully saturated rings. The minimum absolute atomic E-state index is 0.0139. The molecule has 0 aliphatic carbocycles. The summed E-state index contributed by atoms with van der Waals surface area (Å²) in [6.07, 6.45) is 7.78. The molecule has 21 heavy (non-hydrogen) atoms. The van der Waals surface area contributed by atoms with E-state index in [1.807, 2.05) is 31.2 Å². The second-order valence-corrected chi connectivity index (χ2v) is 5.04. The van der Waals surface area contributed by atoms with Crippen molar-refractivity contribution in [2.45, 2.75) is 38.0 Å². The molecule has 0 aromatic rings. The molecule has 2 N–H and O–H groups in total. The summed E-state index contributed by atoms with van der Waals surface area (Å²) in [6, 6.07) is -0.0848. The van der Waals surface area contributed by atoms with Crippen LogP contribution in [-0.4, -0.2) is 52.1 Å². The normalized spacial score (nSPS) is 23.4. The van der Waals surface area contributed by atoms with E-state index in [4.69, 9.17) is 0 Å². The van der Waals surface area contributed by atoms with Crippen LogP contribution in [0.25, 0.3) is 0 Å². The van der Waals surface area contributed by atoms with E-state index in [0.717, 1.165) is 12.8 Å². The predicted molar refractivity (Wildman–Crippen MR) is 80.5 cm³/mol. The molecule has 4 atom stereocenters. The molecule has 1 aliphatic heterocycles. The van der Waals surface area contributed by atoms with Crippen molar-refractivity contribution in [3.05, 3.63) is 37.0 Å². The molecule has 0 radical (unpaired) electrons. The minimum Gasteiger partial charge on any atom is -0.382 e. The zero-order chi connectivity index (χ0) is 15.8. The van der Waals surface area contributed by atoms with E-state index in [1.165, 1.54) is 0 Å². The Kier molecular flexibility index (Phi) is 7.05. The number of aliphatic hydroxyl groups is 2. The number of aldehydes is 1. The third-order valence-corrected chi connectivity index (χ3v) is 3.63. The van der Waals surface area contributed by atoms with Gasteiger partial charge in [0.2, 0.25) is 0 Å². The van der Waals surface area contributed by atoms with E-state index in [9.17, 15) is 19.8 Å². The Morgan fingerprint density at radius 1 is 1.38 bits per heavy atom. The zero-order valence-electron chi connectivity index (χ0n) is 12.3. The van der Waals surface area contributed by atoms with Gasteiger partial charge in [-0.25, -0.2) is 0 Å². The number of carbonyl (C=O) groups excluding carboxylic acids is 2. The molecule has 1 aliphatic rings. The van der Waals surface area contributed by atoms with Gasteiger partial charge in [0.15, 0.2) is 12.4 Å². The first-order chi connectivity index (χ1) is 10.1. The summed E-state index contributed by atoms with van der Waals surface area (Å²) >= 11 is 0. The van der Waals surface area contributed by atoms with Crippen molar-refractivity contribution in [2.24, 2.45) is 5.92 Å². The molecule has 0 saturated carbocycles. The smallest absolute Gasteiger partial charge is 0.254 e. The van der Waals surface area contributed by atoms with E-state index >= 15 is 0 Å².